The van der Waals surface area contributed by atoms with Crippen molar-refractivity contribution < 1.29 is 4.74 Å². The number of rotatable bonds is 9. The van der Waals surface area contributed by atoms with E-state index in [1.165, 1.54) is 22.0 Å². The predicted octanol–water partition coefficient (Wildman–Crippen LogP) is 4.25. The second-order valence-electron chi connectivity index (χ2n) is 5.78. The molecule has 0 bridgehead atoms. The van der Waals surface area contributed by atoms with Gasteiger partial charge in [0.1, 0.15) is 0 Å². The lowest BCUT2D eigenvalue weighted by Crippen LogP contribution is -2.15. The summed E-state index contributed by atoms with van der Waals surface area (Å²) >= 11 is 0. The zero-order chi connectivity index (χ0) is 15.7. The maximum absolute atomic E-state index is 5.70. The lowest BCUT2D eigenvalue weighted by molar-refractivity contribution is 0.117. The summed E-state index contributed by atoms with van der Waals surface area (Å²) in [7, 11) is 0. The molecule has 3 nitrogen and oxygen atoms in total. The molecule has 2 N–H and O–H groups in total. The third-order valence-corrected chi connectivity index (χ3v) is 4.00. The van der Waals surface area contributed by atoms with Crippen molar-refractivity contribution in [1.29, 1.82) is 0 Å². The molecule has 0 saturated carbocycles. The Kier molecular flexibility index (Phi) is 5.84. The maximum atomic E-state index is 5.70. The molecule has 120 valence electrons. The van der Waals surface area contributed by atoms with E-state index in [9.17, 15) is 0 Å². The van der Waals surface area contributed by atoms with E-state index in [2.05, 4.69) is 46.7 Å². The van der Waals surface area contributed by atoms with Gasteiger partial charge in [-0.1, -0.05) is 42.5 Å². The molecule has 0 amide bonds. The Morgan fingerprint density at radius 1 is 0.913 bits per heavy atom. The molecule has 2 aromatic carbocycles. The molecule has 3 aromatic rings. The second-order valence-corrected chi connectivity index (χ2v) is 5.78. The topological polar surface area (TPSA) is 37.0 Å². The van der Waals surface area contributed by atoms with Crippen LogP contribution < -0.4 is 5.32 Å². The van der Waals surface area contributed by atoms with Gasteiger partial charge in [-0.15, -0.1) is 0 Å². The smallest absolute Gasteiger partial charge is 0.0716 e. The Morgan fingerprint density at radius 3 is 2.74 bits per heavy atom. The predicted molar refractivity (Wildman–Crippen MR) is 95.3 cm³/mol. The van der Waals surface area contributed by atoms with Gasteiger partial charge >= 0.3 is 0 Å². The largest absolute Gasteiger partial charge is 0.377 e. The van der Waals surface area contributed by atoms with E-state index in [-0.39, 0.29) is 0 Å². The number of H-pyrrole nitrogens is 1. The highest BCUT2D eigenvalue weighted by molar-refractivity contribution is 5.82. The number of fused-ring (bicyclic) bond motifs is 1. The normalized spacial score (nSPS) is 11.1. The molecule has 0 spiro atoms. The maximum Gasteiger partial charge on any atom is 0.0716 e. The van der Waals surface area contributed by atoms with Gasteiger partial charge in [0.25, 0.3) is 0 Å². The average Bonchev–Trinajstić information content (AvgIpc) is 3.07. The van der Waals surface area contributed by atoms with Crippen molar-refractivity contribution in [3.05, 3.63) is 71.9 Å². The highest BCUT2D eigenvalue weighted by Crippen LogP contribution is 2.16. The van der Waals surface area contributed by atoms with Crippen LogP contribution in [0.2, 0.25) is 0 Å². The summed E-state index contributed by atoms with van der Waals surface area (Å²) in [4.78, 5) is 3.25. The van der Waals surface area contributed by atoms with Crippen LogP contribution in [0.3, 0.4) is 0 Å². The van der Waals surface area contributed by atoms with Crippen LogP contribution in [0.15, 0.2) is 60.8 Å². The Bertz CT molecular complexity index is 706. The van der Waals surface area contributed by atoms with Crippen LogP contribution in [-0.2, 0) is 17.9 Å². The lowest BCUT2D eigenvalue weighted by atomic mass is 10.1. The van der Waals surface area contributed by atoms with E-state index in [1.54, 1.807) is 0 Å². The van der Waals surface area contributed by atoms with Crippen molar-refractivity contribution >= 4 is 10.9 Å². The number of benzene rings is 2. The van der Waals surface area contributed by atoms with E-state index in [1.807, 2.05) is 24.4 Å². The van der Waals surface area contributed by atoms with Gasteiger partial charge in [0.15, 0.2) is 0 Å². The van der Waals surface area contributed by atoms with Gasteiger partial charge in [-0.2, -0.15) is 0 Å². The monoisotopic (exact) mass is 308 g/mol. The van der Waals surface area contributed by atoms with Crippen LogP contribution >= 0.6 is 0 Å². The summed E-state index contributed by atoms with van der Waals surface area (Å²) in [5.41, 5.74) is 3.80. The SMILES string of the molecule is c1ccc(COCCCCNCc2cccc3[nH]ccc23)cc1. The molecule has 0 aliphatic rings. The van der Waals surface area contributed by atoms with Crippen LogP contribution in [0.25, 0.3) is 10.9 Å². The van der Waals surface area contributed by atoms with E-state index in [4.69, 9.17) is 4.74 Å². The fraction of sp³-hybridized carbons (Fsp3) is 0.300. The van der Waals surface area contributed by atoms with E-state index in [0.29, 0.717) is 6.61 Å². The number of ether oxygens (including phenoxy) is 1. The molecule has 1 aromatic heterocycles. The van der Waals surface area contributed by atoms with E-state index >= 15 is 0 Å². The van der Waals surface area contributed by atoms with Crippen LogP contribution in [0.4, 0.5) is 0 Å². The Balaban J connectivity index is 1.28. The number of aromatic nitrogens is 1. The number of hydrogen-bond acceptors (Lipinski definition) is 2. The molecule has 23 heavy (non-hydrogen) atoms. The first-order valence-electron chi connectivity index (χ1n) is 8.31. The Hall–Kier alpha value is -2.10. The molecule has 1 heterocycles. The summed E-state index contributed by atoms with van der Waals surface area (Å²) in [6, 6.07) is 18.9. The summed E-state index contributed by atoms with van der Waals surface area (Å²) < 4.78 is 5.70. The molecule has 0 aliphatic carbocycles. The molecule has 0 radical (unpaired) electrons. The molecular formula is C20H24N2O. The zero-order valence-electron chi connectivity index (χ0n) is 13.4. The van der Waals surface area contributed by atoms with Crippen molar-refractivity contribution in [2.24, 2.45) is 0 Å². The van der Waals surface area contributed by atoms with Crippen LogP contribution in [0, 0.1) is 0 Å². The van der Waals surface area contributed by atoms with E-state index < -0.39 is 0 Å². The molecule has 3 rings (SSSR count). The highest BCUT2D eigenvalue weighted by Gasteiger charge is 2.00. The minimum Gasteiger partial charge on any atom is -0.377 e. The summed E-state index contributed by atoms with van der Waals surface area (Å²) in [5.74, 6) is 0. The third kappa shape index (κ3) is 4.68. The van der Waals surface area contributed by atoms with Crippen LogP contribution in [0.1, 0.15) is 24.0 Å². The number of aromatic amines is 1. The quantitative estimate of drug-likeness (QED) is 0.580. The minimum absolute atomic E-state index is 0.712. The van der Waals surface area contributed by atoms with Gasteiger partial charge in [0, 0.05) is 30.3 Å². The fourth-order valence-electron chi connectivity index (χ4n) is 2.75. The van der Waals surface area contributed by atoms with Gasteiger partial charge in [-0.3, -0.25) is 0 Å². The average molecular weight is 308 g/mol. The zero-order valence-corrected chi connectivity index (χ0v) is 13.4. The van der Waals surface area contributed by atoms with Crippen LogP contribution in [0.5, 0.6) is 0 Å². The molecule has 0 fully saturated rings. The van der Waals surface area contributed by atoms with Gasteiger partial charge in [0.05, 0.1) is 6.61 Å². The lowest BCUT2D eigenvalue weighted by Gasteiger charge is -2.07. The van der Waals surface area contributed by atoms with Gasteiger partial charge in [-0.25, -0.2) is 0 Å². The molecule has 0 saturated heterocycles. The summed E-state index contributed by atoms with van der Waals surface area (Å²) in [5, 5.41) is 4.83. The van der Waals surface area contributed by atoms with Crippen molar-refractivity contribution in [2.45, 2.75) is 26.0 Å². The highest BCUT2D eigenvalue weighted by atomic mass is 16.5. The first-order chi connectivity index (χ1) is 11.4. The van der Waals surface area contributed by atoms with Gasteiger partial charge in [-0.05, 0) is 42.6 Å². The summed E-state index contributed by atoms with van der Waals surface area (Å²) in [6.07, 6.45) is 4.23. The number of nitrogens with one attached hydrogen (secondary N) is 2. The van der Waals surface area contributed by atoms with Crippen molar-refractivity contribution in [1.82, 2.24) is 10.3 Å². The molecular weight excluding hydrogens is 284 g/mol. The second kappa shape index (κ2) is 8.51. The van der Waals surface area contributed by atoms with Crippen molar-refractivity contribution in [3.63, 3.8) is 0 Å². The first-order valence-corrected chi connectivity index (χ1v) is 8.31. The van der Waals surface area contributed by atoms with Gasteiger partial charge in [0.2, 0.25) is 0 Å². The first kappa shape index (κ1) is 15.8. The molecule has 0 atom stereocenters. The van der Waals surface area contributed by atoms with Crippen molar-refractivity contribution in [3.8, 4) is 0 Å². The fourth-order valence-corrected chi connectivity index (χ4v) is 2.75. The summed E-state index contributed by atoms with van der Waals surface area (Å²) in [6.45, 7) is 3.48. The van der Waals surface area contributed by atoms with Crippen LogP contribution in [-0.4, -0.2) is 18.1 Å². The molecule has 0 aliphatic heterocycles. The Morgan fingerprint density at radius 2 is 1.83 bits per heavy atom. The molecule has 3 heteroatoms. The van der Waals surface area contributed by atoms with Gasteiger partial charge < -0.3 is 15.0 Å². The third-order valence-electron chi connectivity index (χ3n) is 4.00. The minimum atomic E-state index is 0.712. The number of hydrogen-bond donors (Lipinski definition) is 2. The Labute approximate surface area is 137 Å². The number of unbranched alkanes of at least 4 members (excludes halogenated alkanes) is 1. The standard InChI is InChI=1S/C20H24N2O/c1-2-7-17(8-3-1)16-23-14-5-4-12-21-15-18-9-6-10-20-19(18)11-13-22-20/h1-3,6-11,13,21-22H,4-5,12,14-16H2. The molecule has 0 unspecified atom stereocenters. The van der Waals surface area contributed by atoms with E-state index in [0.717, 1.165) is 32.5 Å². The van der Waals surface area contributed by atoms with Crippen molar-refractivity contribution in [2.75, 3.05) is 13.2 Å².